The van der Waals surface area contributed by atoms with Crippen molar-refractivity contribution in [2.24, 2.45) is 5.41 Å². The first kappa shape index (κ1) is 14.0. The summed E-state index contributed by atoms with van der Waals surface area (Å²) in [4.78, 5) is 0. The molecule has 0 aromatic heterocycles. The minimum Gasteiger partial charge on any atom is -0.313 e. The highest BCUT2D eigenvalue weighted by Gasteiger charge is 2.44. The molecule has 1 aromatic carbocycles. The van der Waals surface area contributed by atoms with E-state index < -0.39 is 0 Å². The molecule has 0 heterocycles. The number of hydrogen-bond donors (Lipinski definition) is 1. The summed E-state index contributed by atoms with van der Waals surface area (Å²) in [5.41, 5.74) is 1.18. The third kappa shape index (κ3) is 3.33. The standard InChI is InChI=1S/C15H21BrFN/c1-3-8-18-14(15(2)6-7-15)10-11-9-12(16)4-5-13(11)17/h4-5,9,14,18H,3,6-8,10H2,1-2H3. The lowest BCUT2D eigenvalue weighted by molar-refractivity contribution is 0.351. The van der Waals surface area contributed by atoms with Gasteiger partial charge in [-0.25, -0.2) is 4.39 Å². The molecule has 0 spiro atoms. The van der Waals surface area contributed by atoms with Crippen LogP contribution in [0, 0.1) is 11.2 Å². The van der Waals surface area contributed by atoms with Crippen LogP contribution >= 0.6 is 15.9 Å². The second-order valence-electron chi connectivity index (χ2n) is 5.60. The number of halogens is 2. The van der Waals surface area contributed by atoms with Gasteiger partial charge < -0.3 is 5.32 Å². The Labute approximate surface area is 117 Å². The molecule has 0 saturated heterocycles. The Morgan fingerprint density at radius 2 is 2.17 bits per heavy atom. The van der Waals surface area contributed by atoms with Gasteiger partial charge in [0.2, 0.25) is 0 Å². The van der Waals surface area contributed by atoms with Crippen LogP contribution in [-0.2, 0) is 6.42 Å². The van der Waals surface area contributed by atoms with Crippen LogP contribution in [0.2, 0.25) is 0 Å². The average Bonchev–Trinajstić information content (AvgIpc) is 3.08. The van der Waals surface area contributed by atoms with Gasteiger partial charge in [0.25, 0.3) is 0 Å². The predicted octanol–water partition coefficient (Wildman–Crippen LogP) is 4.30. The van der Waals surface area contributed by atoms with Crippen LogP contribution in [0.15, 0.2) is 22.7 Å². The molecule has 1 N–H and O–H groups in total. The predicted molar refractivity (Wildman–Crippen MR) is 77.2 cm³/mol. The van der Waals surface area contributed by atoms with Gasteiger partial charge in [-0.05, 0) is 61.4 Å². The zero-order chi connectivity index (χ0) is 13.2. The molecule has 1 saturated carbocycles. The summed E-state index contributed by atoms with van der Waals surface area (Å²) in [7, 11) is 0. The summed E-state index contributed by atoms with van der Waals surface area (Å²) in [5, 5.41) is 3.59. The number of hydrogen-bond acceptors (Lipinski definition) is 1. The van der Waals surface area contributed by atoms with E-state index in [1.165, 1.54) is 12.8 Å². The second kappa shape index (κ2) is 5.70. The molecule has 3 heteroatoms. The fourth-order valence-electron chi connectivity index (χ4n) is 2.35. The molecule has 2 rings (SSSR count). The highest BCUT2D eigenvalue weighted by molar-refractivity contribution is 9.10. The maximum atomic E-state index is 13.8. The summed E-state index contributed by atoms with van der Waals surface area (Å²) in [6.07, 6.45) is 4.41. The molecule has 1 nitrogen and oxygen atoms in total. The monoisotopic (exact) mass is 313 g/mol. The van der Waals surface area contributed by atoms with Gasteiger partial charge in [0.15, 0.2) is 0 Å². The molecule has 0 radical (unpaired) electrons. The smallest absolute Gasteiger partial charge is 0.126 e. The van der Waals surface area contributed by atoms with Crippen LogP contribution < -0.4 is 5.32 Å². The molecule has 0 aliphatic heterocycles. The lowest BCUT2D eigenvalue weighted by Crippen LogP contribution is -2.38. The van der Waals surface area contributed by atoms with Crippen LogP contribution in [0.3, 0.4) is 0 Å². The van der Waals surface area contributed by atoms with Gasteiger partial charge in [0, 0.05) is 10.5 Å². The molecule has 0 bridgehead atoms. The minimum absolute atomic E-state index is 0.0919. The molecule has 1 fully saturated rings. The maximum Gasteiger partial charge on any atom is 0.126 e. The molecule has 18 heavy (non-hydrogen) atoms. The van der Waals surface area contributed by atoms with Gasteiger partial charge in [-0.3, -0.25) is 0 Å². The topological polar surface area (TPSA) is 12.0 Å². The molecule has 1 atom stereocenters. The molecule has 0 amide bonds. The van der Waals surface area contributed by atoms with Crippen LogP contribution in [0.1, 0.15) is 38.7 Å². The maximum absolute atomic E-state index is 13.8. The van der Waals surface area contributed by atoms with Crippen molar-refractivity contribution in [3.05, 3.63) is 34.1 Å². The summed E-state index contributed by atoms with van der Waals surface area (Å²) >= 11 is 3.42. The zero-order valence-electron chi connectivity index (χ0n) is 11.1. The van der Waals surface area contributed by atoms with E-state index in [9.17, 15) is 4.39 Å². The van der Waals surface area contributed by atoms with Gasteiger partial charge in [-0.1, -0.05) is 29.8 Å². The number of benzene rings is 1. The normalized spacial score (nSPS) is 18.7. The fourth-order valence-corrected chi connectivity index (χ4v) is 2.76. The number of nitrogens with one attached hydrogen (secondary N) is 1. The SMILES string of the molecule is CCCNC(Cc1cc(Br)ccc1F)C1(C)CC1. The minimum atomic E-state index is -0.0919. The van der Waals surface area contributed by atoms with Crippen molar-refractivity contribution in [1.29, 1.82) is 0 Å². The molecule has 1 unspecified atom stereocenters. The number of rotatable bonds is 6. The van der Waals surface area contributed by atoms with Crippen molar-refractivity contribution in [1.82, 2.24) is 5.32 Å². The largest absolute Gasteiger partial charge is 0.313 e. The Kier molecular flexibility index (Phi) is 4.44. The third-order valence-corrected chi connectivity index (χ3v) is 4.45. The molecular weight excluding hydrogens is 293 g/mol. The third-order valence-electron chi connectivity index (χ3n) is 3.95. The Bertz CT molecular complexity index is 415. The molecule has 100 valence electrons. The Morgan fingerprint density at radius 1 is 1.44 bits per heavy atom. The van der Waals surface area contributed by atoms with Crippen molar-refractivity contribution in [3.8, 4) is 0 Å². The Morgan fingerprint density at radius 3 is 2.78 bits per heavy atom. The quantitative estimate of drug-likeness (QED) is 0.825. The lowest BCUT2D eigenvalue weighted by atomic mass is 9.92. The molecule has 1 aliphatic carbocycles. The van der Waals surface area contributed by atoms with E-state index in [4.69, 9.17) is 0 Å². The summed E-state index contributed by atoms with van der Waals surface area (Å²) in [6, 6.07) is 5.60. The summed E-state index contributed by atoms with van der Waals surface area (Å²) in [6.45, 7) is 5.48. The Balaban J connectivity index is 2.10. The fraction of sp³-hybridized carbons (Fsp3) is 0.600. The van der Waals surface area contributed by atoms with Crippen molar-refractivity contribution in [3.63, 3.8) is 0 Å². The summed E-state index contributed by atoms with van der Waals surface area (Å²) in [5.74, 6) is -0.0919. The highest BCUT2D eigenvalue weighted by atomic mass is 79.9. The van der Waals surface area contributed by atoms with E-state index in [1.807, 2.05) is 6.07 Å². The first-order valence-corrected chi connectivity index (χ1v) is 7.52. The lowest BCUT2D eigenvalue weighted by Gasteiger charge is -2.25. The van der Waals surface area contributed by atoms with E-state index in [-0.39, 0.29) is 5.82 Å². The van der Waals surface area contributed by atoms with Gasteiger partial charge in [0.05, 0.1) is 0 Å². The van der Waals surface area contributed by atoms with Gasteiger partial charge in [-0.2, -0.15) is 0 Å². The van der Waals surface area contributed by atoms with Crippen molar-refractivity contribution < 1.29 is 4.39 Å². The average molecular weight is 314 g/mol. The second-order valence-corrected chi connectivity index (χ2v) is 6.52. The Hall–Kier alpha value is -0.410. The van der Waals surface area contributed by atoms with E-state index in [0.29, 0.717) is 11.5 Å². The molecule has 1 aliphatic rings. The van der Waals surface area contributed by atoms with Crippen LogP contribution in [0.4, 0.5) is 4.39 Å². The van der Waals surface area contributed by atoms with E-state index in [2.05, 4.69) is 35.1 Å². The van der Waals surface area contributed by atoms with Crippen molar-refractivity contribution in [2.45, 2.75) is 45.6 Å². The summed E-state index contributed by atoms with van der Waals surface area (Å²) < 4.78 is 14.8. The van der Waals surface area contributed by atoms with Gasteiger partial charge in [-0.15, -0.1) is 0 Å². The highest BCUT2D eigenvalue weighted by Crippen LogP contribution is 2.49. The van der Waals surface area contributed by atoms with E-state index >= 15 is 0 Å². The van der Waals surface area contributed by atoms with Gasteiger partial charge >= 0.3 is 0 Å². The zero-order valence-corrected chi connectivity index (χ0v) is 12.7. The first-order valence-electron chi connectivity index (χ1n) is 6.72. The first-order chi connectivity index (χ1) is 8.55. The molecule has 1 aromatic rings. The molecular formula is C15H21BrFN. The van der Waals surface area contributed by atoms with Crippen molar-refractivity contribution in [2.75, 3.05) is 6.54 Å². The van der Waals surface area contributed by atoms with E-state index in [0.717, 1.165) is 29.4 Å². The van der Waals surface area contributed by atoms with Crippen LogP contribution in [0.25, 0.3) is 0 Å². The van der Waals surface area contributed by atoms with Crippen LogP contribution in [-0.4, -0.2) is 12.6 Å². The van der Waals surface area contributed by atoms with E-state index in [1.54, 1.807) is 12.1 Å². The van der Waals surface area contributed by atoms with Crippen LogP contribution in [0.5, 0.6) is 0 Å². The van der Waals surface area contributed by atoms with Crippen molar-refractivity contribution >= 4 is 15.9 Å². The van der Waals surface area contributed by atoms with Gasteiger partial charge in [0.1, 0.15) is 5.82 Å².